The highest BCUT2D eigenvalue weighted by Gasteiger charge is 2.53. The fourth-order valence-corrected chi connectivity index (χ4v) is 4.50. The molecule has 2 N–H and O–H groups in total. The number of thioether (sulfide) groups is 1. The molecule has 0 spiro atoms. The van der Waals surface area contributed by atoms with Crippen LogP contribution in [0, 0.1) is 11.3 Å². The van der Waals surface area contributed by atoms with Gasteiger partial charge in [-0.05, 0) is 55.2 Å². The first-order valence-electron chi connectivity index (χ1n) is 8.89. The van der Waals surface area contributed by atoms with E-state index >= 15 is 0 Å². The molecular weight excluding hydrogens is 350 g/mol. The first-order valence-corrected chi connectivity index (χ1v) is 9.87. The summed E-state index contributed by atoms with van der Waals surface area (Å²) in [6, 6.07) is 8.88. The highest BCUT2D eigenvalue weighted by atomic mass is 32.2. The van der Waals surface area contributed by atoms with Crippen molar-refractivity contribution in [2.75, 3.05) is 6.54 Å². The third-order valence-electron chi connectivity index (χ3n) is 5.40. The molecule has 1 amide bonds. The van der Waals surface area contributed by atoms with Gasteiger partial charge in [0.05, 0.1) is 17.6 Å². The Bertz CT molecular complexity index is 836. The van der Waals surface area contributed by atoms with Crippen LogP contribution in [0.15, 0.2) is 45.9 Å². The molecule has 1 aromatic carbocycles. The van der Waals surface area contributed by atoms with Crippen LogP contribution in [0.25, 0.3) is 0 Å². The molecule has 0 aliphatic heterocycles. The molecule has 0 unspecified atom stereocenters. The lowest BCUT2D eigenvalue weighted by Crippen LogP contribution is -2.31. The Morgan fingerprint density at radius 2 is 1.96 bits per heavy atom. The highest BCUT2D eigenvalue weighted by molar-refractivity contribution is 7.98. The molecule has 136 valence electrons. The first kappa shape index (κ1) is 17.2. The molecule has 1 aromatic heterocycles. The average Bonchev–Trinajstić information content (AvgIpc) is 3.55. The number of rotatable bonds is 8. The normalized spacial score (nSPS) is 17.7. The average molecular weight is 371 g/mol. The lowest BCUT2D eigenvalue weighted by Gasteiger charge is -2.16. The Morgan fingerprint density at radius 3 is 2.65 bits per heavy atom. The Morgan fingerprint density at radius 1 is 1.19 bits per heavy atom. The van der Waals surface area contributed by atoms with Crippen LogP contribution >= 0.6 is 11.8 Å². The zero-order chi connectivity index (χ0) is 18.1. The SMILES string of the molecule is O=C(NCC1(C2CC2)CC1)c1ccccc1SCc1occc1C(=O)O. The van der Waals surface area contributed by atoms with E-state index in [1.807, 2.05) is 24.3 Å². The Hall–Kier alpha value is -2.21. The van der Waals surface area contributed by atoms with Gasteiger partial charge < -0.3 is 14.8 Å². The van der Waals surface area contributed by atoms with E-state index in [4.69, 9.17) is 9.52 Å². The van der Waals surface area contributed by atoms with E-state index in [0.29, 0.717) is 22.5 Å². The van der Waals surface area contributed by atoms with Crippen LogP contribution in [0.3, 0.4) is 0 Å². The van der Waals surface area contributed by atoms with Crippen LogP contribution in [0.4, 0.5) is 0 Å². The second-order valence-electron chi connectivity index (χ2n) is 7.17. The topological polar surface area (TPSA) is 79.5 Å². The summed E-state index contributed by atoms with van der Waals surface area (Å²) in [5.74, 6) is 0.516. The maximum absolute atomic E-state index is 12.7. The molecule has 2 saturated carbocycles. The van der Waals surface area contributed by atoms with Crippen LogP contribution in [0.2, 0.25) is 0 Å². The minimum atomic E-state index is -1.00. The maximum atomic E-state index is 12.7. The van der Waals surface area contributed by atoms with Gasteiger partial charge in [-0.15, -0.1) is 11.8 Å². The summed E-state index contributed by atoms with van der Waals surface area (Å²) in [5.41, 5.74) is 1.16. The van der Waals surface area contributed by atoms with E-state index in [0.717, 1.165) is 17.4 Å². The largest absolute Gasteiger partial charge is 0.478 e. The van der Waals surface area contributed by atoms with Gasteiger partial charge in [0.2, 0.25) is 0 Å². The number of amides is 1. The second kappa shape index (κ2) is 6.83. The van der Waals surface area contributed by atoms with Crippen molar-refractivity contribution in [1.29, 1.82) is 0 Å². The number of furan rings is 1. The number of nitrogens with one attached hydrogen (secondary N) is 1. The van der Waals surface area contributed by atoms with Gasteiger partial charge in [0, 0.05) is 11.4 Å². The fraction of sp³-hybridized carbons (Fsp3) is 0.400. The zero-order valence-electron chi connectivity index (χ0n) is 14.4. The van der Waals surface area contributed by atoms with Crippen molar-refractivity contribution < 1.29 is 19.1 Å². The van der Waals surface area contributed by atoms with Crippen molar-refractivity contribution in [3.63, 3.8) is 0 Å². The standard InChI is InChI=1S/C20H21NO4S/c22-18(21-12-20(8-9-20)13-5-6-13)15-3-1-2-4-17(15)26-11-16-14(19(23)24)7-10-25-16/h1-4,7,10,13H,5-6,8-9,11-12H2,(H,21,22)(H,23,24). The number of hydrogen-bond donors (Lipinski definition) is 2. The molecule has 6 heteroatoms. The smallest absolute Gasteiger partial charge is 0.339 e. The number of carboxylic acids is 1. The number of aromatic carboxylic acids is 1. The minimum absolute atomic E-state index is 0.0575. The third kappa shape index (κ3) is 3.51. The van der Waals surface area contributed by atoms with Crippen molar-refractivity contribution in [2.45, 2.75) is 36.3 Å². The van der Waals surface area contributed by atoms with Gasteiger partial charge >= 0.3 is 5.97 Å². The zero-order valence-corrected chi connectivity index (χ0v) is 15.2. The molecule has 2 aliphatic rings. The maximum Gasteiger partial charge on any atom is 0.339 e. The molecule has 5 nitrogen and oxygen atoms in total. The van der Waals surface area contributed by atoms with Gasteiger partial charge in [-0.3, -0.25) is 4.79 Å². The van der Waals surface area contributed by atoms with Crippen molar-refractivity contribution in [3.8, 4) is 0 Å². The number of carbonyl (C=O) groups is 2. The van der Waals surface area contributed by atoms with Gasteiger partial charge in [-0.25, -0.2) is 4.79 Å². The molecule has 2 aliphatic carbocycles. The van der Waals surface area contributed by atoms with E-state index in [1.54, 1.807) is 0 Å². The third-order valence-corrected chi connectivity index (χ3v) is 6.48. The summed E-state index contributed by atoms with van der Waals surface area (Å²) in [7, 11) is 0. The van der Waals surface area contributed by atoms with Crippen LogP contribution in [0.5, 0.6) is 0 Å². The van der Waals surface area contributed by atoms with Crippen LogP contribution in [-0.2, 0) is 5.75 Å². The summed E-state index contributed by atoms with van der Waals surface area (Å²) in [6.07, 6.45) is 6.44. The van der Waals surface area contributed by atoms with Crippen molar-refractivity contribution >= 4 is 23.6 Å². The number of carbonyl (C=O) groups excluding carboxylic acids is 1. The molecular formula is C20H21NO4S. The van der Waals surface area contributed by atoms with E-state index in [-0.39, 0.29) is 11.5 Å². The quantitative estimate of drug-likeness (QED) is 0.680. The molecule has 26 heavy (non-hydrogen) atoms. The lowest BCUT2D eigenvalue weighted by molar-refractivity contribution is 0.0694. The molecule has 0 atom stereocenters. The Kier molecular flexibility index (Phi) is 4.53. The monoisotopic (exact) mass is 371 g/mol. The molecule has 2 fully saturated rings. The number of carboxylic acid groups (broad SMARTS) is 1. The molecule has 1 heterocycles. The molecule has 4 rings (SSSR count). The predicted octanol–water partition coefficient (Wildman–Crippen LogP) is 4.19. The molecule has 0 bridgehead atoms. The second-order valence-corrected chi connectivity index (χ2v) is 8.18. The van der Waals surface area contributed by atoms with Crippen LogP contribution in [-0.4, -0.2) is 23.5 Å². The van der Waals surface area contributed by atoms with Gasteiger partial charge in [-0.2, -0.15) is 0 Å². The summed E-state index contributed by atoms with van der Waals surface area (Å²) in [6.45, 7) is 0.761. The molecule has 2 aromatic rings. The summed E-state index contributed by atoms with van der Waals surface area (Å²) in [5, 5.41) is 12.3. The number of hydrogen-bond acceptors (Lipinski definition) is 4. The van der Waals surface area contributed by atoms with Gasteiger partial charge in [0.25, 0.3) is 5.91 Å². The summed E-state index contributed by atoms with van der Waals surface area (Å²) < 4.78 is 5.28. The van der Waals surface area contributed by atoms with E-state index in [1.165, 1.54) is 49.8 Å². The van der Waals surface area contributed by atoms with Gasteiger partial charge in [0.1, 0.15) is 11.3 Å². The highest BCUT2D eigenvalue weighted by Crippen LogP contribution is 2.60. The van der Waals surface area contributed by atoms with Gasteiger partial charge in [0.15, 0.2) is 0 Å². The predicted molar refractivity (Wildman–Crippen MR) is 98.4 cm³/mol. The number of benzene rings is 1. The van der Waals surface area contributed by atoms with E-state index in [2.05, 4.69) is 5.32 Å². The summed E-state index contributed by atoms with van der Waals surface area (Å²) >= 11 is 1.41. The van der Waals surface area contributed by atoms with Gasteiger partial charge in [-0.1, -0.05) is 12.1 Å². The lowest BCUT2D eigenvalue weighted by atomic mass is 10.0. The van der Waals surface area contributed by atoms with Crippen molar-refractivity contribution in [1.82, 2.24) is 5.32 Å². The summed E-state index contributed by atoms with van der Waals surface area (Å²) in [4.78, 5) is 24.7. The van der Waals surface area contributed by atoms with Crippen LogP contribution < -0.4 is 5.32 Å². The van der Waals surface area contributed by atoms with Crippen molar-refractivity contribution in [3.05, 3.63) is 53.5 Å². The van der Waals surface area contributed by atoms with E-state index < -0.39 is 5.97 Å². The van der Waals surface area contributed by atoms with E-state index in [9.17, 15) is 9.59 Å². The molecule has 0 radical (unpaired) electrons. The Balaban J connectivity index is 1.41. The van der Waals surface area contributed by atoms with Crippen molar-refractivity contribution in [2.24, 2.45) is 11.3 Å². The minimum Gasteiger partial charge on any atom is -0.478 e. The molecule has 0 saturated heterocycles. The van der Waals surface area contributed by atoms with Crippen LogP contribution in [0.1, 0.15) is 52.2 Å². The first-order chi connectivity index (χ1) is 12.6. The Labute approximate surface area is 156 Å². The fourth-order valence-electron chi connectivity index (χ4n) is 3.50.